The summed E-state index contributed by atoms with van der Waals surface area (Å²) in [7, 11) is 0. The number of rotatable bonds is 2. The predicted octanol–water partition coefficient (Wildman–Crippen LogP) is 3.80. The zero-order valence-corrected chi connectivity index (χ0v) is 12.8. The summed E-state index contributed by atoms with van der Waals surface area (Å²) >= 11 is 3.36. The normalized spacial score (nSPS) is 16.4. The summed E-state index contributed by atoms with van der Waals surface area (Å²) in [5.74, 6) is 0.679. The number of halogens is 1. The van der Waals surface area contributed by atoms with Crippen LogP contribution in [0, 0.1) is 0 Å². The number of carbonyl (C=O) groups is 1. The van der Waals surface area contributed by atoms with Gasteiger partial charge in [0.05, 0.1) is 0 Å². The van der Waals surface area contributed by atoms with Crippen molar-refractivity contribution in [3.63, 3.8) is 0 Å². The lowest BCUT2D eigenvalue weighted by molar-refractivity contribution is 0.0707. The van der Waals surface area contributed by atoms with Crippen molar-refractivity contribution in [2.24, 2.45) is 0 Å². The molecule has 104 valence electrons. The number of nitrogens with zero attached hydrogens (tertiary/aromatic N) is 1. The van der Waals surface area contributed by atoms with Crippen molar-refractivity contribution >= 4 is 21.8 Å². The molecule has 1 aliphatic heterocycles. The average Bonchev–Trinajstić information content (AvgIpc) is 2.94. The largest absolute Gasteiger partial charge is 0.356 e. The third-order valence-electron chi connectivity index (χ3n) is 3.93. The average molecular weight is 333 g/mol. The number of carbonyl (C=O) groups excluding carboxylic acids is 1. The molecule has 0 radical (unpaired) electrons. The molecule has 0 unspecified atom stereocenters. The Balaban J connectivity index is 1.63. The molecule has 3 nitrogen and oxygen atoms in total. The molecule has 1 N–H and O–H groups in total. The van der Waals surface area contributed by atoms with E-state index in [-0.39, 0.29) is 5.91 Å². The zero-order chi connectivity index (χ0) is 13.9. The first kappa shape index (κ1) is 13.4. The highest BCUT2D eigenvalue weighted by molar-refractivity contribution is 9.10. The van der Waals surface area contributed by atoms with Crippen LogP contribution >= 0.6 is 15.9 Å². The number of hydrogen-bond donors (Lipinski definition) is 1. The van der Waals surface area contributed by atoms with E-state index in [1.807, 2.05) is 17.0 Å². The molecule has 2 aromatic rings. The first-order valence-corrected chi connectivity index (χ1v) is 7.71. The number of nitrogens with one attached hydrogen (secondary N) is 1. The van der Waals surface area contributed by atoms with E-state index in [1.165, 1.54) is 5.56 Å². The summed E-state index contributed by atoms with van der Waals surface area (Å²) in [6.07, 6.45) is 3.87. The Hall–Kier alpha value is -1.55. The molecule has 0 spiro atoms. The first-order chi connectivity index (χ1) is 9.74. The fraction of sp³-hybridized carbons (Fsp3) is 0.312. The van der Waals surface area contributed by atoms with Crippen molar-refractivity contribution in [1.82, 2.24) is 9.88 Å². The van der Waals surface area contributed by atoms with E-state index in [2.05, 4.69) is 45.2 Å². The second kappa shape index (κ2) is 5.83. The van der Waals surface area contributed by atoms with E-state index in [9.17, 15) is 4.79 Å². The maximum atomic E-state index is 12.3. The van der Waals surface area contributed by atoms with Gasteiger partial charge < -0.3 is 9.88 Å². The molecule has 0 aliphatic carbocycles. The van der Waals surface area contributed by atoms with Gasteiger partial charge in [-0.2, -0.15) is 0 Å². The predicted molar refractivity (Wildman–Crippen MR) is 82.8 cm³/mol. The van der Waals surface area contributed by atoms with Crippen LogP contribution in [-0.2, 0) is 0 Å². The lowest BCUT2D eigenvalue weighted by Crippen LogP contribution is -2.38. The molecular formula is C16H17BrN2O. The minimum Gasteiger partial charge on any atom is -0.356 e. The molecule has 0 atom stereocenters. The molecule has 1 aliphatic rings. The highest BCUT2D eigenvalue weighted by Gasteiger charge is 2.24. The van der Waals surface area contributed by atoms with Crippen LogP contribution in [0.25, 0.3) is 0 Å². The number of piperidine rings is 1. The van der Waals surface area contributed by atoms with Crippen LogP contribution < -0.4 is 0 Å². The highest BCUT2D eigenvalue weighted by atomic mass is 79.9. The van der Waals surface area contributed by atoms with Gasteiger partial charge in [0.2, 0.25) is 0 Å². The van der Waals surface area contributed by atoms with Gasteiger partial charge in [-0.3, -0.25) is 4.79 Å². The van der Waals surface area contributed by atoms with Gasteiger partial charge in [-0.05, 0) is 46.3 Å². The Morgan fingerprint density at radius 3 is 2.50 bits per heavy atom. The Kier molecular flexibility index (Phi) is 3.92. The van der Waals surface area contributed by atoms with Gasteiger partial charge in [-0.1, -0.05) is 30.3 Å². The van der Waals surface area contributed by atoms with Crippen LogP contribution in [0.3, 0.4) is 0 Å². The molecule has 4 heteroatoms. The number of aromatic nitrogens is 1. The SMILES string of the molecule is O=C(c1cc(Br)c[nH]1)N1CCC(c2ccccc2)CC1. The Labute approximate surface area is 127 Å². The van der Waals surface area contributed by atoms with Crippen molar-refractivity contribution in [3.8, 4) is 0 Å². The van der Waals surface area contributed by atoms with Crippen LogP contribution in [0.15, 0.2) is 47.1 Å². The van der Waals surface area contributed by atoms with Gasteiger partial charge in [0, 0.05) is 23.8 Å². The van der Waals surface area contributed by atoms with E-state index in [4.69, 9.17) is 0 Å². The fourth-order valence-corrected chi connectivity index (χ4v) is 3.15. The molecule has 3 rings (SSSR count). The summed E-state index contributed by atoms with van der Waals surface area (Å²) in [5.41, 5.74) is 2.05. The fourth-order valence-electron chi connectivity index (χ4n) is 2.80. The number of aromatic amines is 1. The van der Waals surface area contributed by atoms with Gasteiger partial charge in [0.15, 0.2) is 0 Å². The summed E-state index contributed by atoms with van der Waals surface area (Å²) in [4.78, 5) is 17.3. The van der Waals surface area contributed by atoms with Gasteiger partial charge in [0.1, 0.15) is 5.69 Å². The Morgan fingerprint density at radius 1 is 1.20 bits per heavy atom. The second-order valence-electron chi connectivity index (χ2n) is 5.21. The second-order valence-corrected chi connectivity index (χ2v) is 6.12. The van der Waals surface area contributed by atoms with Crippen molar-refractivity contribution < 1.29 is 4.79 Å². The lowest BCUT2D eigenvalue weighted by atomic mass is 9.89. The summed E-state index contributed by atoms with van der Waals surface area (Å²) in [6, 6.07) is 12.4. The van der Waals surface area contributed by atoms with Crippen LogP contribution in [0.5, 0.6) is 0 Å². The van der Waals surface area contributed by atoms with Gasteiger partial charge >= 0.3 is 0 Å². The molecular weight excluding hydrogens is 316 g/mol. The lowest BCUT2D eigenvalue weighted by Gasteiger charge is -2.32. The minimum absolute atomic E-state index is 0.0993. The third kappa shape index (κ3) is 2.80. The smallest absolute Gasteiger partial charge is 0.270 e. The van der Waals surface area contributed by atoms with Crippen LogP contribution in [0.1, 0.15) is 34.8 Å². The highest BCUT2D eigenvalue weighted by Crippen LogP contribution is 2.28. The minimum atomic E-state index is 0.0993. The van der Waals surface area contributed by atoms with Crippen molar-refractivity contribution in [2.75, 3.05) is 13.1 Å². The summed E-state index contributed by atoms with van der Waals surface area (Å²) in [5, 5.41) is 0. The number of H-pyrrole nitrogens is 1. The number of amides is 1. The Bertz CT molecular complexity index is 586. The molecule has 1 aromatic heterocycles. The number of likely N-dealkylation sites (tertiary alicyclic amines) is 1. The third-order valence-corrected chi connectivity index (χ3v) is 4.39. The maximum absolute atomic E-state index is 12.3. The van der Waals surface area contributed by atoms with Gasteiger partial charge in [0.25, 0.3) is 5.91 Å². The maximum Gasteiger partial charge on any atom is 0.270 e. The van der Waals surface area contributed by atoms with E-state index >= 15 is 0 Å². The van der Waals surface area contributed by atoms with Crippen LogP contribution in [0.2, 0.25) is 0 Å². The van der Waals surface area contributed by atoms with E-state index in [1.54, 1.807) is 6.20 Å². The van der Waals surface area contributed by atoms with Crippen molar-refractivity contribution in [3.05, 3.63) is 58.3 Å². The molecule has 1 fully saturated rings. The van der Waals surface area contributed by atoms with E-state index < -0.39 is 0 Å². The van der Waals surface area contributed by atoms with Crippen molar-refractivity contribution in [2.45, 2.75) is 18.8 Å². The van der Waals surface area contributed by atoms with Gasteiger partial charge in [-0.25, -0.2) is 0 Å². The molecule has 0 saturated carbocycles. The molecule has 1 amide bonds. The van der Waals surface area contributed by atoms with Crippen molar-refractivity contribution in [1.29, 1.82) is 0 Å². The molecule has 2 heterocycles. The quantitative estimate of drug-likeness (QED) is 0.892. The van der Waals surface area contributed by atoms with Gasteiger partial charge in [-0.15, -0.1) is 0 Å². The Morgan fingerprint density at radius 2 is 1.90 bits per heavy atom. The molecule has 0 bridgehead atoms. The molecule has 1 saturated heterocycles. The van der Waals surface area contributed by atoms with E-state index in [0.717, 1.165) is 30.4 Å². The number of hydrogen-bond acceptors (Lipinski definition) is 1. The first-order valence-electron chi connectivity index (χ1n) is 6.92. The summed E-state index contributed by atoms with van der Waals surface area (Å²) < 4.78 is 0.917. The molecule has 20 heavy (non-hydrogen) atoms. The van der Waals surface area contributed by atoms with E-state index in [0.29, 0.717) is 11.6 Å². The summed E-state index contributed by atoms with van der Waals surface area (Å²) in [6.45, 7) is 1.66. The zero-order valence-electron chi connectivity index (χ0n) is 11.2. The number of benzene rings is 1. The monoisotopic (exact) mass is 332 g/mol. The topological polar surface area (TPSA) is 36.1 Å². The molecule has 1 aromatic carbocycles. The standard InChI is InChI=1S/C16H17BrN2O/c17-14-10-15(18-11-14)16(20)19-8-6-13(7-9-19)12-4-2-1-3-5-12/h1-5,10-11,13,18H,6-9H2. The van der Waals surface area contributed by atoms with Crippen LogP contribution in [-0.4, -0.2) is 28.9 Å². The van der Waals surface area contributed by atoms with Crippen LogP contribution in [0.4, 0.5) is 0 Å².